The summed E-state index contributed by atoms with van der Waals surface area (Å²) >= 11 is 8.77. The third-order valence-corrected chi connectivity index (χ3v) is 5.72. The Labute approximate surface area is 213 Å². The SMILES string of the molecule is CCCOc1ccc(C(=O)NC(=S)Nc2ccccc2C(=O)N(C)Cc2ccccc2)cc1Br. The Balaban J connectivity index is 1.66. The lowest BCUT2D eigenvalue weighted by Crippen LogP contribution is -2.35. The van der Waals surface area contributed by atoms with Gasteiger partial charge in [0.15, 0.2) is 5.11 Å². The summed E-state index contributed by atoms with van der Waals surface area (Å²) in [7, 11) is 1.75. The summed E-state index contributed by atoms with van der Waals surface area (Å²) < 4.78 is 6.31. The molecule has 6 nitrogen and oxygen atoms in total. The van der Waals surface area contributed by atoms with Crippen LogP contribution in [0.25, 0.3) is 0 Å². The molecule has 2 amide bonds. The number of nitrogens with zero attached hydrogens (tertiary/aromatic N) is 1. The number of rotatable bonds is 8. The molecule has 0 bridgehead atoms. The van der Waals surface area contributed by atoms with Crippen molar-refractivity contribution in [3.63, 3.8) is 0 Å². The molecule has 0 saturated heterocycles. The zero-order valence-electron chi connectivity index (χ0n) is 19.0. The number of hydrogen-bond donors (Lipinski definition) is 2. The molecule has 0 aliphatic carbocycles. The van der Waals surface area contributed by atoms with Gasteiger partial charge in [-0.05, 0) is 70.5 Å². The van der Waals surface area contributed by atoms with Crippen molar-refractivity contribution in [3.05, 3.63) is 94.0 Å². The van der Waals surface area contributed by atoms with Crippen molar-refractivity contribution >= 4 is 50.8 Å². The molecule has 0 atom stereocenters. The normalized spacial score (nSPS) is 10.3. The lowest BCUT2D eigenvalue weighted by molar-refractivity contribution is 0.0786. The van der Waals surface area contributed by atoms with E-state index < -0.39 is 0 Å². The van der Waals surface area contributed by atoms with Crippen molar-refractivity contribution in [2.75, 3.05) is 19.0 Å². The third kappa shape index (κ3) is 6.88. The lowest BCUT2D eigenvalue weighted by Gasteiger charge is -2.20. The largest absolute Gasteiger partial charge is 0.492 e. The van der Waals surface area contributed by atoms with Gasteiger partial charge in [-0.2, -0.15) is 0 Å². The number of carbonyl (C=O) groups excluding carboxylic acids is 2. The van der Waals surface area contributed by atoms with Crippen LogP contribution in [0.1, 0.15) is 39.6 Å². The van der Waals surface area contributed by atoms with Gasteiger partial charge in [0.1, 0.15) is 5.75 Å². The molecule has 3 aromatic carbocycles. The standard InChI is InChI=1S/C26H26BrN3O3S/c1-3-15-33-23-14-13-19(16-21(23)27)24(31)29-26(34)28-22-12-8-7-11-20(22)25(32)30(2)17-18-9-5-4-6-10-18/h4-14,16H,3,15,17H2,1-2H3,(H2,28,29,31,34). The average Bonchev–Trinajstić information content (AvgIpc) is 2.83. The number of thiocarbonyl (C=S) groups is 1. The first-order chi connectivity index (χ1) is 16.4. The molecule has 176 valence electrons. The number of halogens is 1. The maximum Gasteiger partial charge on any atom is 0.257 e. The van der Waals surface area contributed by atoms with E-state index in [0.29, 0.717) is 40.2 Å². The summed E-state index contributed by atoms with van der Waals surface area (Å²) in [5.74, 6) is 0.143. The van der Waals surface area contributed by atoms with E-state index in [1.54, 1.807) is 54.4 Å². The Morgan fingerprint density at radius 3 is 2.44 bits per heavy atom. The van der Waals surface area contributed by atoms with E-state index >= 15 is 0 Å². The second-order valence-electron chi connectivity index (χ2n) is 7.59. The van der Waals surface area contributed by atoms with Crippen LogP contribution in [0.5, 0.6) is 5.75 Å². The molecule has 3 rings (SSSR count). The van der Waals surface area contributed by atoms with Crippen LogP contribution in [0.15, 0.2) is 77.3 Å². The van der Waals surface area contributed by atoms with Crippen LogP contribution in [0.3, 0.4) is 0 Å². The molecular formula is C26H26BrN3O3S. The monoisotopic (exact) mass is 539 g/mol. The number of ether oxygens (including phenoxy) is 1. The van der Waals surface area contributed by atoms with Crippen LogP contribution in [0.4, 0.5) is 5.69 Å². The van der Waals surface area contributed by atoms with E-state index in [1.165, 1.54) is 0 Å². The molecule has 34 heavy (non-hydrogen) atoms. The van der Waals surface area contributed by atoms with Crippen LogP contribution in [0.2, 0.25) is 0 Å². The van der Waals surface area contributed by atoms with E-state index in [9.17, 15) is 9.59 Å². The Morgan fingerprint density at radius 1 is 1.03 bits per heavy atom. The van der Waals surface area contributed by atoms with Gasteiger partial charge in [-0.15, -0.1) is 0 Å². The highest BCUT2D eigenvalue weighted by molar-refractivity contribution is 9.10. The topological polar surface area (TPSA) is 70.7 Å². The Morgan fingerprint density at radius 2 is 1.74 bits per heavy atom. The molecular weight excluding hydrogens is 514 g/mol. The van der Waals surface area contributed by atoms with Gasteiger partial charge in [-0.25, -0.2) is 0 Å². The van der Waals surface area contributed by atoms with Gasteiger partial charge in [0, 0.05) is 19.2 Å². The van der Waals surface area contributed by atoms with Crippen LogP contribution in [-0.2, 0) is 6.54 Å². The smallest absolute Gasteiger partial charge is 0.257 e. The van der Waals surface area contributed by atoms with Gasteiger partial charge in [0.05, 0.1) is 22.3 Å². The Bertz CT molecular complexity index is 1170. The molecule has 0 heterocycles. The summed E-state index contributed by atoms with van der Waals surface area (Å²) in [6.07, 6.45) is 0.890. The molecule has 0 fully saturated rings. The molecule has 3 aromatic rings. The summed E-state index contributed by atoms with van der Waals surface area (Å²) in [6, 6.07) is 21.9. The van der Waals surface area contributed by atoms with Crippen LogP contribution in [-0.4, -0.2) is 35.5 Å². The lowest BCUT2D eigenvalue weighted by atomic mass is 10.1. The number of amides is 2. The summed E-state index contributed by atoms with van der Waals surface area (Å²) in [5.41, 5.74) is 2.43. The number of nitrogens with one attached hydrogen (secondary N) is 2. The van der Waals surface area contributed by atoms with Gasteiger partial charge in [0.2, 0.25) is 0 Å². The summed E-state index contributed by atoms with van der Waals surface area (Å²) in [4.78, 5) is 27.4. The summed E-state index contributed by atoms with van der Waals surface area (Å²) in [6.45, 7) is 3.09. The average molecular weight is 540 g/mol. The van der Waals surface area contributed by atoms with Crippen LogP contribution in [0, 0.1) is 0 Å². The van der Waals surface area contributed by atoms with Crippen LogP contribution >= 0.6 is 28.1 Å². The first-order valence-corrected chi connectivity index (χ1v) is 12.0. The van der Waals surface area contributed by atoms with Gasteiger partial charge >= 0.3 is 0 Å². The van der Waals surface area contributed by atoms with Gasteiger partial charge in [-0.3, -0.25) is 14.9 Å². The Hall–Kier alpha value is -3.23. The fourth-order valence-corrected chi connectivity index (χ4v) is 3.91. The second kappa shape index (κ2) is 12.3. The maximum absolute atomic E-state index is 13.1. The molecule has 8 heteroatoms. The minimum absolute atomic E-state index is 0.0957. The van der Waals surface area contributed by atoms with Crippen molar-refractivity contribution in [3.8, 4) is 5.75 Å². The Kier molecular flexibility index (Phi) is 9.18. The maximum atomic E-state index is 13.1. The van der Waals surface area contributed by atoms with Crippen molar-refractivity contribution < 1.29 is 14.3 Å². The van der Waals surface area contributed by atoms with Gasteiger partial charge in [0.25, 0.3) is 11.8 Å². The van der Waals surface area contributed by atoms with E-state index in [0.717, 1.165) is 12.0 Å². The molecule has 2 N–H and O–H groups in total. The summed E-state index contributed by atoms with van der Waals surface area (Å²) in [5, 5.41) is 5.74. The molecule has 0 radical (unpaired) electrons. The molecule has 0 saturated carbocycles. The first-order valence-electron chi connectivity index (χ1n) is 10.8. The van der Waals surface area contributed by atoms with Crippen molar-refractivity contribution in [2.24, 2.45) is 0 Å². The second-order valence-corrected chi connectivity index (χ2v) is 8.86. The van der Waals surface area contributed by atoms with Gasteiger partial charge < -0.3 is 15.0 Å². The number of anilines is 1. The quantitative estimate of drug-likeness (QED) is 0.362. The fraction of sp³-hybridized carbons (Fsp3) is 0.192. The molecule has 0 aromatic heterocycles. The van der Waals surface area contributed by atoms with E-state index in [-0.39, 0.29) is 16.9 Å². The highest BCUT2D eigenvalue weighted by atomic mass is 79.9. The molecule has 0 aliphatic rings. The van der Waals surface area contributed by atoms with Crippen molar-refractivity contribution in [1.29, 1.82) is 0 Å². The van der Waals surface area contributed by atoms with Gasteiger partial charge in [-0.1, -0.05) is 49.4 Å². The van der Waals surface area contributed by atoms with Crippen molar-refractivity contribution in [1.82, 2.24) is 10.2 Å². The molecule has 0 spiro atoms. The number of carbonyl (C=O) groups is 2. The van der Waals surface area contributed by atoms with E-state index in [2.05, 4.69) is 26.6 Å². The predicted molar refractivity (Wildman–Crippen MR) is 142 cm³/mol. The number of para-hydroxylation sites is 1. The van der Waals surface area contributed by atoms with Crippen LogP contribution < -0.4 is 15.4 Å². The third-order valence-electron chi connectivity index (χ3n) is 4.90. The number of hydrogen-bond acceptors (Lipinski definition) is 4. The number of benzene rings is 3. The molecule has 0 unspecified atom stereocenters. The first kappa shape index (κ1) is 25.4. The highest BCUT2D eigenvalue weighted by Gasteiger charge is 2.17. The predicted octanol–water partition coefficient (Wildman–Crippen LogP) is 5.64. The van der Waals surface area contributed by atoms with E-state index in [1.807, 2.05) is 37.3 Å². The van der Waals surface area contributed by atoms with Crippen molar-refractivity contribution in [2.45, 2.75) is 19.9 Å². The fourth-order valence-electron chi connectivity index (χ4n) is 3.21. The zero-order chi connectivity index (χ0) is 24.5. The zero-order valence-corrected chi connectivity index (χ0v) is 21.4. The molecule has 0 aliphatic heterocycles. The van der Waals surface area contributed by atoms with E-state index in [4.69, 9.17) is 17.0 Å². The highest BCUT2D eigenvalue weighted by Crippen LogP contribution is 2.26. The minimum Gasteiger partial charge on any atom is -0.492 e. The minimum atomic E-state index is -0.370.